The van der Waals surface area contributed by atoms with E-state index in [9.17, 15) is 10.1 Å². The topological polar surface area (TPSA) is 69.0 Å². The lowest BCUT2D eigenvalue weighted by Crippen LogP contribution is -2.88. The number of nitrogens with zero attached hydrogens (tertiary/aromatic N) is 1. The van der Waals surface area contributed by atoms with Crippen LogP contribution in [-0.2, 0) is 11.3 Å². The van der Waals surface area contributed by atoms with E-state index in [4.69, 9.17) is 4.74 Å². The van der Waals surface area contributed by atoms with Gasteiger partial charge in [0.05, 0.1) is 11.5 Å². The number of non-ortho nitro benzene ring substituents is 1. The van der Waals surface area contributed by atoms with Gasteiger partial charge >= 0.3 is 0 Å². The molecule has 0 aliphatic rings. The van der Waals surface area contributed by atoms with E-state index in [1.807, 2.05) is 0 Å². The summed E-state index contributed by atoms with van der Waals surface area (Å²) in [4.78, 5) is 10.1. The number of methoxy groups -OCH3 is 1. The summed E-state index contributed by atoms with van der Waals surface area (Å²) in [6, 6.07) is 7.02. The highest BCUT2D eigenvalue weighted by molar-refractivity contribution is 5.32. The van der Waals surface area contributed by atoms with Crippen molar-refractivity contribution in [2.45, 2.75) is 19.5 Å². The zero-order valence-corrected chi connectivity index (χ0v) is 9.55. The Kier molecular flexibility index (Phi) is 4.88. The standard InChI is InChI=1S/C11H16N2O3/c1-9(8-16-2)12-7-10-3-5-11(6-4-10)13(14)15/h3-6,9,12H,7-8H2,1-2H3/p+1/t9-/m0/s1. The zero-order chi connectivity index (χ0) is 12.0. The molecule has 1 aromatic rings. The molecule has 0 heterocycles. The van der Waals surface area contributed by atoms with Gasteiger partial charge in [0, 0.05) is 24.8 Å². The number of hydrogen-bond acceptors (Lipinski definition) is 3. The minimum Gasteiger partial charge on any atom is -0.379 e. The monoisotopic (exact) mass is 225 g/mol. The minimum atomic E-state index is -0.388. The Morgan fingerprint density at radius 3 is 2.56 bits per heavy atom. The van der Waals surface area contributed by atoms with Gasteiger partial charge in [0.2, 0.25) is 0 Å². The minimum absolute atomic E-state index is 0.133. The molecule has 2 N–H and O–H groups in total. The van der Waals surface area contributed by atoms with Crippen LogP contribution in [-0.4, -0.2) is 24.7 Å². The summed E-state index contributed by atoms with van der Waals surface area (Å²) in [6.07, 6.45) is 0. The molecule has 0 aliphatic carbocycles. The maximum absolute atomic E-state index is 10.4. The van der Waals surface area contributed by atoms with E-state index >= 15 is 0 Å². The lowest BCUT2D eigenvalue weighted by molar-refractivity contribution is -0.702. The average Bonchev–Trinajstić information content (AvgIpc) is 2.27. The summed E-state index contributed by atoms with van der Waals surface area (Å²) in [5.74, 6) is 0. The summed E-state index contributed by atoms with van der Waals surface area (Å²) in [7, 11) is 1.68. The number of benzene rings is 1. The third kappa shape index (κ3) is 3.96. The van der Waals surface area contributed by atoms with Crippen LogP contribution in [0.3, 0.4) is 0 Å². The van der Waals surface area contributed by atoms with Crippen LogP contribution in [0.1, 0.15) is 12.5 Å². The molecule has 0 aromatic heterocycles. The first-order valence-electron chi connectivity index (χ1n) is 5.19. The Morgan fingerprint density at radius 1 is 1.44 bits per heavy atom. The van der Waals surface area contributed by atoms with Crippen LogP contribution in [0.2, 0.25) is 0 Å². The molecule has 1 atom stereocenters. The smallest absolute Gasteiger partial charge is 0.269 e. The third-order valence-electron chi connectivity index (χ3n) is 2.33. The molecule has 16 heavy (non-hydrogen) atoms. The maximum Gasteiger partial charge on any atom is 0.269 e. The molecule has 1 aromatic carbocycles. The summed E-state index contributed by atoms with van der Waals surface area (Å²) >= 11 is 0. The Labute approximate surface area is 94.6 Å². The van der Waals surface area contributed by atoms with Gasteiger partial charge in [-0.2, -0.15) is 0 Å². The fourth-order valence-corrected chi connectivity index (χ4v) is 1.42. The van der Waals surface area contributed by atoms with Crippen molar-refractivity contribution in [2.24, 2.45) is 0 Å². The van der Waals surface area contributed by atoms with Crippen LogP contribution in [0, 0.1) is 10.1 Å². The second kappa shape index (κ2) is 6.19. The summed E-state index contributed by atoms with van der Waals surface area (Å²) in [5.41, 5.74) is 1.21. The Hall–Kier alpha value is -1.46. The first-order chi connectivity index (χ1) is 7.63. The van der Waals surface area contributed by atoms with Crippen LogP contribution in [0.15, 0.2) is 24.3 Å². The Balaban J connectivity index is 2.46. The summed E-state index contributed by atoms with van der Waals surface area (Å²) in [6.45, 7) is 3.59. The normalized spacial score (nSPS) is 12.4. The average molecular weight is 225 g/mol. The first-order valence-corrected chi connectivity index (χ1v) is 5.19. The Bertz CT molecular complexity index is 338. The fraction of sp³-hybridized carbons (Fsp3) is 0.455. The van der Waals surface area contributed by atoms with Crippen molar-refractivity contribution in [3.63, 3.8) is 0 Å². The molecule has 0 unspecified atom stereocenters. The summed E-state index contributed by atoms with van der Waals surface area (Å²) < 4.78 is 5.02. The number of hydrogen-bond donors (Lipinski definition) is 1. The van der Waals surface area contributed by atoms with E-state index in [0.29, 0.717) is 12.6 Å². The number of nitro benzene ring substituents is 1. The highest BCUT2D eigenvalue weighted by Gasteiger charge is 2.07. The van der Waals surface area contributed by atoms with Gasteiger partial charge in [-0.05, 0) is 19.1 Å². The molecule has 1 rings (SSSR count). The number of ether oxygens (including phenoxy) is 1. The molecular formula is C11H17N2O3+. The van der Waals surface area contributed by atoms with Gasteiger partial charge in [0.1, 0.15) is 12.6 Å². The lowest BCUT2D eigenvalue weighted by Gasteiger charge is -2.09. The largest absolute Gasteiger partial charge is 0.379 e. The predicted molar refractivity (Wildman–Crippen MR) is 60.1 cm³/mol. The molecule has 5 nitrogen and oxygen atoms in total. The fourth-order valence-electron chi connectivity index (χ4n) is 1.42. The van der Waals surface area contributed by atoms with E-state index in [-0.39, 0.29) is 10.6 Å². The van der Waals surface area contributed by atoms with Gasteiger partial charge in [-0.1, -0.05) is 0 Å². The van der Waals surface area contributed by atoms with E-state index in [0.717, 1.165) is 12.1 Å². The second-order valence-corrected chi connectivity index (χ2v) is 3.80. The van der Waals surface area contributed by atoms with Gasteiger partial charge in [0.15, 0.2) is 0 Å². The first kappa shape index (κ1) is 12.6. The molecule has 0 radical (unpaired) electrons. The van der Waals surface area contributed by atoms with Gasteiger partial charge in [-0.15, -0.1) is 0 Å². The quantitative estimate of drug-likeness (QED) is 0.572. The molecule has 0 bridgehead atoms. The number of rotatable bonds is 6. The van der Waals surface area contributed by atoms with E-state index < -0.39 is 0 Å². The number of nitrogens with two attached hydrogens (primary N) is 1. The van der Waals surface area contributed by atoms with Gasteiger partial charge < -0.3 is 10.1 Å². The lowest BCUT2D eigenvalue weighted by atomic mass is 10.2. The molecular weight excluding hydrogens is 208 g/mol. The van der Waals surface area contributed by atoms with Crippen LogP contribution in [0.5, 0.6) is 0 Å². The number of quaternary nitrogens is 1. The molecule has 88 valence electrons. The van der Waals surface area contributed by atoms with E-state index in [1.54, 1.807) is 19.2 Å². The molecule has 0 fully saturated rings. The summed E-state index contributed by atoms with van der Waals surface area (Å²) in [5, 5.41) is 12.6. The van der Waals surface area contributed by atoms with Gasteiger partial charge in [-0.25, -0.2) is 0 Å². The molecule has 0 saturated carbocycles. The second-order valence-electron chi connectivity index (χ2n) is 3.80. The van der Waals surface area contributed by atoms with Crippen LogP contribution < -0.4 is 5.32 Å². The maximum atomic E-state index is 10.4. The zero-order valence-electron chi connectivity index (χ0n) is 9.55. The van der Waals surface area contributed by atoms with Crippen LogP contribution >= 0.6 is 0 Å². The van der Waals surface area contributed by atoms with Crippen LogP contribution in [0.25, 0.3) is 0 Å². The van der Waals surface area contributed by atoms with E-state index in [2.05, 4.69) is 12.2 Å². The molecule has 0 amide bonds. The SMILES string of the molecule is COC[C@H](C)[NH2+]Cc1ccc([N+](=O)[O-])cc1. The number of nitro groups is 1. The molecule has 0 aliphatic heterocycles. The predicted octanol–water partition coefficient (Wildman–Crippen LogP) is 0.693. The van der Waals surface area contributed by atoms with Crippen molar-refractivity contribution in [3.05, 3.63) is 39.9 Å². The highest BCUT2D eigenvalue weighted by Crippen LogP contribution is 2.10. The van der Waals surface area contributed by atoms with Crippen molar-refractivity contribution >= 4 is 5.69 Å². The molecule has 0 saturated heterocycles. The van der Waals surface area contributed by atoms with Crippen molar-refractivity contribution in [2.75, 3.05) is 13.7 Å². The van der Waals surface area contributed by atoms with E-state index in [1.165, 1.54) is 12.1 Å². The Morgan fingerprint density at radius 2 is 2.06 bits per heavy atom. The van der Waals surface area contributed by atoms with Crippen molar-refractivity contribution < 1.29 is 15.0 Å². The van der Waals surface area contributed by atoms with Gasteiger partial charge in [0.25, 0.3) is 5.69 Å². The van der Waals surface area contributed by atoms with Crippen molar-refractivity contribution in [1.29, 1.82) is 0 Å². The molecule has 0 spiro atoms. The molecule has 5 heteroatoms. The van der Waals surface area contributed by atoms with Crippen molar-refractivity contribution in [3.8, 4) is 0 Å². The van der Waals surface area contributed by atoms with Gasteiger partial charge in [-0.3, -0.25) is 10.1 Å². The van der Waals surface area contributed by atoms with Crippen molar-refractivity contribution in [1.82, 2.24) is 0 Å². The van der Waals surface area contributed by atoms with Crippen LogP contribution in [0.4, 0.5) is 5.69 Å². The third-order valence-corrected chi connectivity index (χ3v) is 2.33. The highest BCUT2D eigenvalue weighted by atomic mass is 16.6.